The van der Waals surface area contributed by atoms with Crippen molar-refractivity contribution in [2.45, 2.75) is 30.4 Å². The lowest BCUT2D eigenvalue weighted by Gasteiger charge is -2.18. The maximum Gasteiger partial charge on any atom is 0.325 e. The highest BCUT2D eigenvalue weighted by molar-refractivity contribution is 7.98. The fraction of sp³-hybridized carbons (Fsp3) is 0.429. The first-order valence-corrected chi connectivity index (χ1v) is 10.4. The van der Waals surface area contributed by atoms with Gasteiger partial charge in [0.1, 0.15) is 17.0 Å². The van der Waals surface area contributed by atoms with E-state index in [1.165, 1.54) is 36.9 Å². The molecule has 0 fully saturated rings. The zero-order chi connectivity index (χ0) is 18.3. The molecule has 0 aliphatic carbocycles. The lowest BCUT2D eigenvalue weighted by molar-refractivity contribution is -0.147. The summed E-state index contributed by atoms with van der Waals surface area (Å²) in [5.74, 6) is -0.299. The summed E-state index contributed by atoms with van der Waals surface area (Å²) < 4.78 is 32.2. The smallest absolute Gasteiger partial charge is 0.325 e. The zero-order valence-electron chi connectivity index (χ0n) is 13.0. The Balaban J connectivity index is 3.05. The molecule has 0 saturated carbocycles. The van der Waals surface area contributed by atoms with Gasteiger partial charge < -0.3 is 4.74 Å². The third-order valence-corrected chi connectivity index (χ3v) is 5.68. The van der Waals surface area contributed by atoms with Gasteiger partial charge in [-0.1, -0.05) is 23.2 Å². The molecule has 0 aliphatic rings. The molecule has 6 nitrogen and oxygen atoms in total. The topological polar surface area (TPSA) is 96.3 Å². The number of hydrogen-bond acceptors (Lipinski definition) is 6. The minimum atomic E-state index is -4.09. The van der Waals surface area contributed by atoms with Crippen LogP contribution in [0.25, 0.3) is 0 Å². The molecule has 0 aliphatic heterocycles. The van der Waals surface area contributed by atoms with Crippen LogP contribution in [0, 0.1) is 11.3 Å². The number of hydrogen-bond donors (Lipinski definition) is 1. The standard InChI is InChI=1S/C14H16Cl2N2O4S2/c1-9(8-17)22-14(19)12(5-6-23-2)18-24(20,21)13-7-10(15)3-4-11(13)16/h3-4,7,9,12,18H,5-6H2,1-2H3/t9-,12-/m0/s1. The Bertz CT molecular complexity index is 735. The number of carbonyl (C=O) groups is 1. The Morgan fingerprint density at radius 3 is 2.71 bits per heavy atom. The molecule has 0 unspecified atom stereocenters. The predicted octanol–water partition coefficient (Wildman–Crippen LogP) is 2.85. The van der Waals surface area contributed by atoms with E-state index in [9.17, 15) is 13.2 Å². The number of carbonyl (C=O) groups excluding carboxylic acids is 1. The third kappa shape index (κ3) is 6.15. The number of rotatable bonds is 8. The van der Waals surface area contributed by atoms with Crippen LogP contribution >= 0.6 is 35.0 Å². The Morgan fingerprint density at radius 1 is 1.46 bits per heavy atom. The lowest BCUT2D eigenvalue weighted by atomic mass is 10.2. The summed E-state index contributed by atoms with van der Waals surface area (Å²) in [6, 6.07) is 4.63. The average Bonchev–Trinajstić information content (AvgIpc) is 2.53. The molecule has 0 bridgehead atoms. The second kappa shape index (κ2) is 9.49. The Labute approximate surface area is 155 Å². The second-order valence-corrected chi connectivity index (χ2v) is 8.25. The van der Waals surface area contributed by atoms with Crippen LogP contribution in [0.15, 0.2) is 23.1 Å². The minimum absolute atomic E-state index is 0.0192. The van der Waals surface area contributed by atoms with Crippen LogP contribution in [0.3, 0.4) is 0 Å². The van der Waals surface area contributed by atoms with Crippen molar-refractivity contribution >= 4 is 51.0 Å². The Morgan fingerprint density at radius 2 is 2.12 bits per heavy atom. The number of nitrogens with one attached hydrogen (secondary N) is 1. The van der Waals surface area contributed by atoms with Crippen molar-refractivity contribution in [3.63, 3.8) is 0 Å². The molecule has 0 aromatic heterocycles. The summed E-state index contributed by atoms with van der Waals surface area (Å²) >= 11 is 13.2. The van der Waals surface area contributed by atoms with Crippen molar-refractivity contribution in [3.8, 4) is 6.07 Å². The Hall–Kier alpha value is -0.980. The van der Waals surface area contributed by atoms with Crippen molar-refractivity contribution in [2.24, 2.45) is 0 Å². The molecule has 1 N–H and O–H groups in total. The first-order chi connectivity index (χ1) is 11.2. The fourth-order valence-corrected chi connectivity index (χ4v) is 4.13. The van der Waals surface area contributed by atoms with E-state index in [0.717, 1.165) is 0 Å². The predicted molar refractivity (Wildman–Crippen MR) is 94.7 cm³/mol. The molecule has 1 aromatic rings. The van der Waals surface area contributed by atoms with E-state index in [1.54, 1.807) is 6.07 Å². The lowest BCUT2D eigenvalue weighted by Crippen LogP contribution is -2.43. The van der Waals surface area contributed by atoms with E-state index >= 15 is 0 Å². The van der Waals surface area contributed by atoms with E-state index in [2.05, 4.69) is 4.72 Å². The van der Waals surface area contributed by atoms with Gasteiger partial charge in [0.05, 0.1) is 5.02 Å². The summed E-state index contributed by atoms with van der Waals surface area (Å²) in [6.07, 6.45) is 1.05. The highest BCUT2D eigenvalue weighted by Crippen LogP contribution is 2.25. The summed E-state index contributed by atoms with van der Waals surface area (Å²) in [5, 5.41) is 8.89. The molecule has 2 atom stereocenters. The number of nitriles is 1. The quantitative estimate of drug-likeness (QED) is 0.661. The van der Waals surface area contributed by atoms with Gasteiger partial charge >= 0.3 is 5.97 Å². The Kier molecular flexibility index (Phi) is 8.33. The molecule has 0 spiro atoms. The monoisotopic (exact) mass is 410 g/mol. The van der Waals surface area contributed by atoms with Gasteiger partial charge in [0.2, 0.25) is 10.0 Å². The maximum absolute atomic E-state index is 12.5. The molecule has 24 heavy (non-hydrogen) atoms. The summed E-state index contributed by atoms with van der Waals surface area (Å²) in [6.45, 7) is 1.39. The molecule has 1 rings (SSSR count). The largest absolute Gasteiger partial charge is 0.446 e. The van der Waals surface area contributed by atoms with Crippen molar-refractivity contribution in [3.05, 3.63) is 28.2 Å². The number of sulfonamides is 1. The van der Waals surface area contributed by atoms with E-state index < -0.39 is 28.1 Å². The average molecular weight is 411 g/mol. The van der Waals surface area contributed by atoms with Crippen LogP contribution < -0.4 is 4.72 Å². The maximum atomic E-state index is 12.5. The minimum Gasteiger partial charge on any atom is -0.446 e. The molecule has 0 saturated heterocycles. The number of halogens is 2. The molecular formula is C14H16Cl2N2O4S2. The molecular weight excluding hydrogens is 395 g/mol. The number of thioether (sulfide) groups is 1. The van der Waals surface area contributed by atoms with Crippen molar-refractivity contribution in [1.29, 1.82) is 5.26 Å². The number of nitrogens with zero attached hydrogens (tertiary/aromatic N) is 1. The van der Waals surface area contributed by atoms with E-state index in [4.69, 9.17) is 33.2 Å². The van der Waals surface area contributed by atoms with Crippen LogP contribution in [0.2, 0.25) is 10.0 Å². The molecule has 132 valence electrons. The van der Waals surface area contributed by atoms with Crippen LogP contribution in [-0.2, 0) is 19.6 Å². The summed E-state index contributed by atoms with van der Waals surface area (Å²) in [5.41, 5.74) is 0. The van der Waals surface area contributed by atoms with Crippen molar-refractivity contribution < 1.29 is 17.9 Å². The van der Waals surface area contributed by atoms with Crippen LogP contribution in [0.5, 0.6) is 0 Å². The van der Waals surface area contributed by atoms with Crippen molar-refractivity contribution in [2.75, 3.05) is 12.0 Å². The van der Waals surface area contributed by atoms with Gasteiger partial charge in [-0.05, 0) is 43.6 Å². The normalized spacial score (nSPS) is 13.8. The highest BCUT2D eigenvalue weighted by atomic mass is 35.5. The van der Waals surface area contributed by atoms with Gasteiger partial charge in [-0.15, -0.1) is 0 Å². The third-order valence-electron chi connectivity index (χ3n) is 2.85. The first kappa shape index (κ1) is 21.1. The van der Waals surface area contributed by atoms with Crippen LogP contribution in [-0.4, -0.2) is 38.5 Å². The van der Waals surface area contributed by atoms with E-state index in [-0.39, 0.29) is 21.4 Å². The van der Waals surface area contributed by atoms with Gasteiger partial charge in [-0.2, -0.15) is 21.7 Å². The van der Waals surface area contributed by atoms with Gasteiger partial charge in [-0.3, -0.25) is 4.79 Å². The molecule has 0 radical (unpaired) electrons. The van der Waals surface area contributed by atoms with Crippen LogP contribution in [0.1, 0.15) is 13.3 Å². The van der Waals surface area contributed by atoms with E-state index in [1.807, 2.05) is 6.26 Å². The number of benzene rings is 1. The van der Waals surface area contributed by atoms with Gasteiger partial charge in [0, 0.05) is 5.02 Å². The number of esters is 1. The molecule has 1 aromatic carbocycles. The fourth-order valence-electron chi connectivity index (χ4n) is 1.68. The van der Waals surface area contributed by atoms with Crippen molar-refractivity contribution in [1.82, 2.24) is 4.72 Å². The molecule has 0 amide bonds. The summed E-state index contributed by atoms with van der Waals surface area (Å²) in [7, 11) is -4.09. The van der Waals surface area contributed by atoms with Gasteiger partial charge in [0.15, 0.2) is 6.10 Å². The van der Waals surface area contributed by atoms with Gasteiger partial charge in [0.25, 0.3) is 0 Å². The molecule has 10 heteroatoms. The van der Waals surface area contributed by atoms with Crippen LogP contribution in [0.4, 0.5) is 0 Å². The summed E-state index contributed by atoms with van der Waals surface area (Å²) in [4.78, 5) is 11.9. The SMILES string of the molecule is CSCC[C@H](NS(=O)(=O)c1cc(Cl)ccc1Cl)C(=O)O[C@@H](C)C#N. The highest BCUT2D eigenvalue weighted by Gasteiger charge is 2.29. The molecule has 0 heterocycles. The first-order valence-electron chi connectivity index (χ1n) is 6.77. The van der Waals surface area contributed by atoms with E-state index in [0.29, 0.717) is 5.75 Å². The second-order valence-electron chi connectivity index (χ2n) is 4.74. The zero-order valence-corrected chi connectivity index (χ0v) is 16.1. The van der Waals surface area contributed by atoms with Gasteiger partial charge in [-0.25, -0.2) is 8.42 Å². The number of ether oxygens (including phenoxy) is 1.